The Hall–Kier alpha value is -2.44. The van der Waals surface area contributed by atoms with Crippen LogP contribution in [0.4, 0.5) is 0 Å². The number of rotatable bonds is 3. The summed E-state index contributed by atoms with van der Waals surface area (Å²) in [5, 5.41) is 4.61. The highest BCUT2D eigenvalue weighted by Crippen LogP contribution is 2.39. The number of pyridine rings is 1. The molecule has 2 aromatic heterocycles. The fourth-order valence-electron chi connectivity index (χ4n) is 3.46. The Kier molecular flexibility index (Phi) is 3.74. The molecule has 0 spiro atoms. The molecule has 1 aliphatic carbocycles. The van der Waals surface area contributed by atoms with Crippen molar-refractivity contribution in [2.45, 2.75) is 58.0 Å². The predicted octanol–water partition coefficient (Wildman–Crippen LogP) is 2.18. The topological polar surface area (TPSA) is 83.9 Å². The summed E-state index contributed by atoms with van der Waals surface area (Å²) >= 11 is 0. The highest BCUT2D eigenvalue weighted by molar-refractivity contribution is 5.95. The lowest BCUT2D eigenvalue weighted by Crippen LogP contribution is -2.42. The van der Waals surface area contributed by atoms with Gasteiger partial charge in [0.05, 0.1) is 18.2 Å². The van der Waals surface area contributed by atoms with Crippen LogP contribution in [0.2, 0.25) is 0 Å². The number of aromatic nitrogens is 4. The van der Waals surface area contributed by atoms with Crippen LogP contribution in [0.15, 0.2) is 16.9 Å². The standard InChI is InChI=1S/C18H23N5O2/c1-10(2)15-13(6-7-14(24)19-15)18(25)22-8-9-23-17(11(22)3)20-16(21-23)12-4-5-12/h6-7,10-12H,4-5,8-9H2,1-3H3,(H,19,24)/t11-/m1/s1. The number of hydrogen-bond donors (Lipinski definition) is 1. The number of hydrogen-bond acceptors (Lipinski definition) is 4. The van der Waals surface area contributed by atoms with Gasteiger partial charge >= 0.3 is 0 Å². The van der Waals surface area contributed by atoms with E-state index < -0.39 is 0 Å². The zero-order valence-electron chi connectivity index (χ0n) is 14.8. The summed E-state index contributed by atoms with van der Waals surface area (Å²) in [5.74, 6) is 2.29. The van der Waals surface area contributed by atoms with Gasteiger partial charge in [-0.15, -0.1) is 0 Å². The summed E-state index contributed by atoms with van der Waals surface area (Å²) in [6.45, 7) is 7.19. The molecule has 4 rings (SSSR count). The van der Waals surface area contributed by atoms with Gasteiger partial charge in [0.1, 0.15) is 5.82 Å². The molecule has 0 unspecified atom stereocenters. The minimum atomic E-state index is -0.180. The van der Waals surface area contributed by atoms with E-state index in [0.717, 1.165) is 24.5 Å². The third-order valence-electron chi connectivity index (χ3n) is 5.07. The molecule has 132 valence electrons. The van der Waals surface area contributed by atoms with Crippen molar-refractivity contribution in [3.8, 4) is 0 Å². The molecule has 1 aliphatic heterocycles. The summed E-state index contributed by atoms with van der Waals surface area (Å²) in [6, 6.07) is 2.92. The van der Waals surface area contributed by atoms with E-state index in [1.54, 1.807) is 6.07 Å². The van der Waals surface area contributed by atoms with E-state index >= 15 is 0 Å². The first-order chi connectivity index (χ1) is 12.0. The molecule has 0 radical (unpaired) electrons. The number of aromatic amines is 1. The van der Waals surface area contributed by atoms with Gasteiger partial charge in [-0.25, -0.2) is 9.67 Å². The second-order valence-corrected chi connectivity index (χ2v) is 7.30. The molecule has 0 bridgehead atoms. The Balaban J connectivity index is 1.66. The monoisotopic (exact) mass is 341 g/mol. The molecule has 2 aliphatic rings. The minimum absolute atomic E-state index is 0.0605. The maximum absolute atomic E-state index is 13.2. The molecule has 3 heterocycles. The van der Waals surface area contributed by atoms with E-state index in [-0.39, 0.29) is 23.4 Å². The van der Waals surface area contributed by atoms with Crippen molar-refractivity contribution in [1.29, 1.82) is 0 Å². The lowest BCUT2D eigenvalue weighted by Gasteiger charge is -2.33. The van der Waals surface area contributed by atoms with Gasteiger partial charge in [-0.3, -0.25) is 9.59 Å². The molecular weight excluding hydrogens is 318 g/mol. The van der Waals surface area contributed by atoms with Crippen LogP contribution in [0.3, 0.4) is 0 Å². The number of H-pyrrole nitrogens is 1. The van der Waals surface area contributed by atoms with E-state index in [9.17, 15) is 9.59 Å². The molecule has 1 atom stereocenters. The van der Waals surface area contributed by atoms with E-state index in [1.165, 1.54) is 6.07 Å². The Labute approximate surface area is 146 Å². The highest BCUT2D eigenvalue weighted by atomic mass is 16.2. The zero-order valence-corrected chi connectivity index (χ0v) is 14.8. The molecule has 2 aromatic rings. The van der Waals surface area contributed by atoms with Gasteiger partial charge in [-0.1, -0.05) is 13.8 Å². The lowest BCUT2D eigenvalue weighted by atomic mass is 10.0. The highest BCUT2D eigenvalue weighted by Gasteiger charge is 2.35. The minimum Gasteiger partial charge on any atom is -0.327 e. The zero-order chi connectivity index (χ0) is 17.7. The first-order valence-electron chi connectivity index (χ1n) is 8.94. The first kappa shape index (κ1) is 16.1. The van der Waals surface area contributed by atoms with Crippen molar-refractivity contribution >= 4 is 5.91 Å². The third-order valence-corrected chi connectivity index (χ3v) is 5.07. The van der Waals surface area contributed by atoms with Crippen LogP contribution in [-0.4, -0.2) is 37.1 Å². The summed E-state index contributed by atoms with van der Waals surface area (Å²) in [4.78, 5) is 34.1. The van der Waals surface area contributed by atoms with E-state index in [1.807, 2.05) is 30.4 Å². The fraction of sp³-hybridized carbons (Fsp3) is 0.556. The summed E-state index contributed by atoms with van der Waals surface area (Å²) in [6.07, 6.45) is 2.32. The van der Waals surface area contributed by atoms with E-state index in [2.05, 4.69) is 10.1 Å². The van der Waals surface area contributed by atoms with Crippen LogP contribution in [0.1, 0.15) is 79.2 Å². The Bertz CT molecular complexity index is 878. The maximum atomic E-state index is 13.2. The fourth-order valence-corrected chi connectivity index (χ4v) is 3.46. The molecule has 0 aromatic carbocycles. The summed E-state index contributed by atoms with van der Waals surface area (Å²) in [5.41, 5.74) is 1.08. The van der Waals surface area contributed by atoms with Crippen molar-refractivity contribution in [2.75, 3.05) is 6.54 Å². The quantitative estimate of drug-likeness (QED) is 0.927. The Morgan fingerprint density at radius 2 is 2.04 bits per heavy atom. The first-order valence-corrected chi connectivity index (χ1v) is 8.94. The second-order valence-electron chi connectivity index (χ2n) is 7.30. The van der Waals surface area contributed by atoms with Gasteiger partial charge in [-0.05, 0) is 31.7 Å². The number of nitrogens with one attached hydrogen (secondary N) is 1. The van der Waals surface area contributed by atoms with Crippen LogP contribution in [-0.2, 0) is 6.54 Å². The van der Waals surface area contributed by atoms with Crippen LogP contribution in [0.5, 0.6) is 0 Å². The average molecular weight is 341 g/mol. The number of fused-ring (bicyclic) bond motifs is 1. The van der Waals surface area contributed by atoms with Crippen molar-refractivity contribution in [3.63, 3.8) is 0 Å². The van der Waals surface area contributed by atoms with E-state index in [4.69, 9.17) is 4.98 Å². The molecule has 0 saturated heterocycles. The molecule has 1 N–H and O–H groups in total. The van der Waals surface area contributed by atoms with Gasteiger partial charge in [0.2, 0.25) is 5.56 Å². The lowest BCUT2D eigenvalue weighted by molar-refractivity contribution is 0.0628. The average Bonchev–Trinajstić information content (AvgIpc) is 3.34. The SMILES string of the molecule is CC(C)c1[nH]c(=O)ccc1C(=O)N1CCn2nc(C3CC3)nc2[C@H]1C. The second kappa shape index (κ2) is 5.82. The number of amides is 1. The molecule has 25 heavy (non-hydrogen) atoms. The molecular formula is C18H23N5O2. The normalized spacial score (nSPS) is 20.0. The summed E-state index contributed by atoms with van der Waals surface area (Å²) < 4.78 is 1.94. The largest absolute Gasteiger partial charge is 0.327 e. The number of carbonyl (C=O) groups is 1. The van der Waals surface area contributed by atoms with Gasteiger partial charge in [-0.2, -0.15) is 5.10 Å². The molecule has 7 heteroatoms. The van der Waals surface area contributed by atoms with Gasteiger partial charge in [0.15, 0.2) is 5.82 Å². The van der Waals surface area contributed by atoms with Crippen LogP contribution in [0, 0.1) is 0 Å². The van der Waals surface area contributed by atoms with Gasteiger partial charge < -0.3 is 9.88 Å². The molecule has 1 fully saturated rings. The van der Waals surface area contributed by atoms with E-state index in [0.29, 0.717) is 30.3 Å². The van der Waals surface area contributed by atoms with Crippen molar-refractivity contribution in [1.82, 2.24) is 24.6 Å². The van der Waals surface area contributed by atoms with Gasteiger partial charge in [0, 0.05) is 24.2 Å². The Morgan fingerprint density at radius 1 is 1.28 bits per heavy atom. The smallest absolute Gasteiger partial charge is 0.256 e. The van der Waals surface area contributed by atoms with Crippen LogP contribution >= 0.6 is 0 Å². The number of nitrogens with zero attached hydrogens (tertiary/aromatic N) is 4. The van der Waals surface area contributed by atoms with Gasteiger partial charge in [0.25, 0.3) is 5.91 Å². The van der Waals surface area contributed by atoms with Crippen molar-refractivity contribution in [3.05, 3.63) is 45.4 Å². The molecule has 7 nitrogen and oxygen atoms in total. The molecule has 1 amide bonds. The van der Waals surface area contributed by atoms with Crippen LogP contribution in [0.25, 0.3) is 0 Å². The third kappa shape index (κ3) is 2.77. The van der Waals surface area contributed by atoms with Crippen molar-refractivity contribution in [2.24, 2.45) is 0 Å². The predicted molar refractivity (Wildman–Crippen MR) is 92.6 cm³/mol. The van der Waals surface area contributed by atoms with Crippen LogP contribution < -0.4 is 5.56 Å². The maximum Gasteiger partial charge on any atom is 0.256 e. The number of carbonyl (C=O) groups excluding carboxylic acids is 1. The molecule has 1 saturated carbocycles. The summed E-state index contributed by atoms with van der Waals surface area (Å²) in [7, 11) is 0. The Morgan fingerprint density at radius 3 is 2.72 bits per heavy atom. The van der Waals surface area contributed by atoms with Crippen molar-refractivity contribution < 1.29 is 4.79 Å².